The second-order valence-corrected chi connectivity index (χ2v) is 7.94. The number of carbonyl (C=O) groups is 1. The van der Waals surface area contributed by atoms with Crippen molar-refractivity contribution < 1.29 is 22.7 Å². The van der Waals surface area contributed by atoms with E-state index in [2.05, 4.69) is 0 Å². The van der Waals surface area contributed by atoms with Gasteiger partial charge in [0, 0.05) is 24.7 Å². The van der Waals surface area contributed by atoms with E-state index in [-0.39, 0.29) is 17.1 Å². The minimum Gasteiger partial charge on any atom is -0.496 e. The maximum Gasteiger partial charge on any atom is 0.338 e. The van der Waals surface area contributed by atoms with Crippen molar-refractivity contribution in [1.29, 1.82) is 0 Å². The van der Waals surface area contributed by atoms with Gasteiger partial charge in [0.2, 0.25) is 10.0 Å². The number of methoxy groups -OCH3 is 1. The third-order valence-electron chi connectivity index (χ3n) is 3.45. The quantitative estimate of drug-likeness (QED) is 0.717. The fourth-order valence-corrected chi connectivity index (χ4v) is 3.22. The largest absolute Gasteiger partial charge is 0.496 e. The molecule has 0 N–H and O–H groups in total. The molecular formula is C17H18ClNO5S. The second-order valence-electron chi connectivity index (χ2n) is 5.35. The molecular weight excluding hydrogens is 366 g/mol. The molecule has 0 heterocycles. The number of esters is 1. The molecule has 0 radical (unpaired) electrons. The highest BCUT2D eigenvalue weighted by atomic mass is 35.5. The zero-order valence-corrected chi connectivity index (χ0v) is 15.6. The summed E-state index contributed by atoms with van der Waals surface area (Å²) < 4.78 is 35.8. The van der Waals surface area contributed by atoms with Crippen LogP contribution in [0.5, 0.6) is 5.75 Å². The molecule has 134 valence electrons. The van der Waals surface area contributed by atoms with Crippen molar-refractivity contribution in [3.63, 3.8) is 0 Å². The fraction of sp³-hybridized carbons (Fsp3) is 0.235. The van der Waals surface area contributed by atoms with Crippen LogP contribution in [0.3, 0.4) is 0 Å². The van der Waals surface area contributed by atoms with Gasteiger partial charge in [0.1, 0.15) is 12.4 Å². The summed E-state index contributed by atoms with van der Waals surface area (Å²) in [7, 11) is 0.721. The summed E-state index contributed by atoms with van der Waals surface area (Å²) >= 11 is 5.94. The lowest BCUT2D eigenvalue weighted by molar-refractivity contribution is 0.0470. The molecule has 2 aromatic rings. The molecule has 0 unspecified atom stereocenters. The van der Waals surface area contributed by atoms with E-state index >= 15 is 0 Å². The normalized spacial score (nSPS) is 11.4. The summed E-state index contributed by atoms with van der Waals surface area (Å²) in [5, 5.41) is 0.492. The van der Waals surface area contributed by atoms with Gasteiger partial charge in [-0.2, -0.15) is 0 Å². The first-order valence-corrected chi connectivity index (χ1v) is 9.09. The minimum atomic E-state index is -3.63. The molecule has 0 atom stereocenters. The number of halogens is 1. The molecule has 0 saturated heterocycles. The van der Waals surface area contributed by atoms with E-state index in [1.165, 1.54) is 45.5 Å². The molecule has 0 aliphatic carbocycles. The van der Waals surface area contributed by atoms with Crippen LogP contribution in [0.2, 0.25) is 5.02 Å². The number of hydrogen-bond acceptors (Lipinski definition) is 5. The van der Waals surface area contributed by atoms with Gasteiger partial charge in [-0.05, 0) is 36.4 Å². The van der Waals surface area contributed by atoms with E-state index in [4.69, 9.17) is 21.1 Å². The number of sulfonamides is 1. The highest BCUT2D eigenvalue weighted by Crippen LogP contribution is 2.24. The SMILES string of the molecule is COc1ccc(Cl)cc1COC(=O)c1cccc(S(=O)(=O)N(C)C)c1. The topological polar surface area (TPSA) is 72.9 Å². The predicted octanol–water partition coefficient (Wildman–Crippen LogP) is 2.96. The van der Waals surface area contributed by atoms with E-state index in [0.29, 0.717) is 16.3 Å². The van der Waals surface area contributed by atoms with E-state index in [1.54, 1.807) is 18.2 Å². The van der Waals surface area contributed by atoms with Crippen LogP contribution in [0, 0.1) is 0 Å². The Morgan fingerprint density at radius 2 is 1.88 bits per heavy atom. The van der Waals surface area contributed by atoms with Crippen LogP contribution in [0.25, 0.3) is 0 Å². The molecule has 0 aromatic heterocycles. The maximum atomic E-state index is 12.2. The number of ether oxygens (including phenoxy) is 2. The van der Waals surface area contributed by atoms with Crippen LogP contribution in [-0.4, -0.2) is 39.9 Å². The number of rotatable bonds is 6. The van der Waals surface area contributed by atoms with Crippen molar-refractivity contribution >= 4 is 27.6 Å². The number of carbonyl (C=O) groups excluding carboxylic acids is 1. The number of nitrogens with zero attached hydrogens (tertiary/aromatic N) is 1. The molecule has 25 heavy (non-hydrogen) atoms. The average molecular weight is 384 g/mol. The zero-order valence-electron chi connectivity index (χ0n) is 14.0. The monoisotopic (exact) mass is 383 g/mol. The van der Waals surface area contributed by atoms with Crippen molar-refractivity contribution in [2.45, 2.75) is 11.5 Å². The third-order valence-corrected chi connectivity index (χ3v) is 5.50. The van der Waals surface area contributed by atoms with Gasteiger partial charge in [-0.15, -0.1) is 0 Å². The van der Waals surface area contributed by atoms with E-state index in [0.717, 1.165) is 4.31 Å². The highest BCUT2D eigenvalue weighted by Gasteiger charge is 2.19. The standard InChI is InChI=1S/C17H18ClNO5S/c1-19(2)25(21,22)15-6-4-5-12(10-15)17(20)24-11-13-9-14(18)7-8-16(13)23-3/h4-10H,11H2,1-3H3. The second kappa shape index (κ2) is 7.86. The predicted molar refractivity (Wildman–Crippen MR) is 94.4 cm³/mol. The summed E-state index contributed by atoms with van der Waals surface area (Å²) in [5.74, 6) is -0.0982. The summed E-state index contributed by atoms with van der Waals surface area (Å²) in [6.45, 7) is -0.0484. The molecule has 0 aliphatic rings. The first-order valence-electron chi connectivity index (χ1n) is 7.28. The van der Waals surface area contributed by atoms with Gasteiger partial charge >= 0.3 is 5.97 Å². The van der Waals surface area contributed by atoms with Crippen molar-refractivity contribution in [3.8, 4) is 5.75 Å². The van der Waals surface area contributed by atoms with Crippen molar-refractivity contribution in [1.82, 2.24) is 4.31 Å². The number of hydrogen-bond donors (Lipinski definition) is 0. The Bertz CT molecular complexity index is 880. The smallest absolute Gasteiger partial charge is 0.338 e. The molecule has 2 aromatic carbocycles. The van der Waals surface area contributed by atoms with Crippen molar-refractivity contribution in [2.24, 2.45) is 0 Å². The molecule has 0 spiro atoms. The molecule has 0 amide bonds. The van der Waals surface area contributed by atoms with Gasteiger partial charge in [0.15, 0.2) is 0 Å². The molecule has 2 rings (SSSR count). The summed E-state index contributed by atoms with van der Waals surface area (Å²) in [5.41, 5.74) is 0.754. The van der Waals surface area contributed by atoms with E-state index < -0.39 is 16.0 Å². The van der Waals surface area contributed by atoms with Gasteiger partial charge in [0.05, 0.1) is 17.6 Å². The van der Waals surface area contributed by atoms with Crippen LogP contribution in [0.4, 0.5) is 0 Å². The molecule has 0 aliphatic heterocycles. The van der Waals surface area contributed by atoms with Crippen LogP contribution in [-0.2, 0) is 21.4 Å². The van der Waals surface area contributed by atoms with Crippen LogP contribution < -0.4 is 4.74 Å². The molecule has 8 heteroatoms. The third kappa shape index (κ3) is 4.50. The van der Waals surface area contributed by atoms with Crippen LogP contribution >= 0.6 is 11.6 Å². The van der Waals surface area contributed by atoms with E-state index in [1.807, 2.05) is 0 Å². The zero-order chi connectivity index (χ0) is 18.6. The lowest BCUT2D eigenvalue weighted by Crippen LogP contribution is -2.22. The minimum absolute atomic E-state index is 0.0206. The molecule has 0 fully saturated rings. The Hall–Kier alpha value is -2.09. The van der Waals surface area contributed by atoms with Crippen molar-refractivity contribution in [3.05, 3.63) is 58.6 Å². The van der Waals surface area contributed by atoms with Gasteiger partial charge in [-0.3, -0.25) is 0 Å². The molecule has 0 saturated carbocycles. The van der Waals surface area contributed by atoms with Gasteiger partial charge in [-0.1, -0.05) is 17.7 Å². The Labute approximate surface area is 152 Å². The Morgan fingerprint density at radius 3 is 2.52 bits per heavy atom. The summed E-state index contributed by atoms with van der Waals surface area (Å²) in [4.78, 5) is 12.3. The first-order chi connectivity index (χ1) is 11.8. The highest BCUT2D eigenvalue weighted by molar-refractivity contribution is 7.89. The van der Waals surface area contributed by atoms with E-state index in [9.17, 15) is 13.2 Å². The Balaban J connectivity index is 2.19. The van der Waals surface area contributed by atoms with Crippen LogP contribution in [0.1, 0.15) is 15.9 Å². The van der Waals surface area contributed by atoms with Gasteiger partial charge in [-0.25, -0.2) is 17.5 Å². The molecule has 6 nitrogen and oxygen atoms in total. The summed E-state index contributed by atoms with van der Waals surface area (Å²) in [6, 6.07) is 10.7. The lowest BCUT2D eigenvalue weighted by Gasteiger charge is -2.12. The maximum absolute atomic E-state index is 12.2. The Morgan fingerprint density at radius 1 is 1.16 bits per heavy atom. The first kappa shape index (κ1) is 19.2. The molecule has 0 bridgehead atoms. The van der Waals surface area contributed by atoms with Crippen LogP contribution in [0.15, 0.2) is 47.4 Å². The van der Waals surface area contributed by atoms with Gasteiger partial charge < -0.3 is 9.47 Å². The Kier molecular flexibility index (Phi) is 6.05. The average Bonchev–Trinajstić information content (AvgIpc) is 2.59. The number of benzene rings is 2. The van der Waals surface area contributed by atoms with Gasteiger partial charge in [0.25, 0.3) is 0 Å². The lowest BCUT2D eigenvalue weighted by atomic mass is 10.2. The fourth-order valence-electron chi connectivity index (χ4n) is 2.08. The van der Waals surface area contributed by atoms with Crippen molar-refractivity contribution in [2.75, 3.05) is 21.2 Å². The summed E-state index contributed by atoms with van der Waals surface area (Å²) in [6.07, 6.45) is 0.